The summed E-state index contributed by atoms with van der Waals surface area (Å²) in [6, 6.07) is 17.2. The molecule has 2 heterocycles. The molecule has 30 heavy (non-hydrogen) atoms. The average molecular weight is 422 g/mol. The molecule has 1 aromatic heterocycles. The summed E-state index contributed by atoms with van der Waals surface area (Å²) >= 11 is 1.51. The molecule has 1 saturated heterocycles. The van der Waals surface area contributed by atoms with Crippen LogP contribution in [0, 0.1) is 0 Å². The Labute approximate surface area is 179 Å². The molecule has 0 spiro atoms. The van der Waals surface area contributed by atoms with Gasteiger partial charge in [0.25, 0.3) is 5.91 Å². The molecule has 2 aromatic carbocycles. The number of aromatic nitrogens is 1. The topological polar surface area (TPSA) is 71.5 Å². The van der Waals surface area contributed by atoms with Crippen LogP contribution in [0.15, 0.2) is 60.0 Å². The number of ether oxygens (including phenoxy) is 1. The standard InChI is InChI=1S/C23H23N3O3S/c1-23(13-12-16-8-10-19(29-2)11-9-16)21(27)26(22(28)25-23)14-18-15-30-20(24-18)17-6-4-3-5-7-17/h3-11,15H,12-14H2,1-2H3,(H,25,28)/t23-/m0/s1. The lowest BCUT2D eigenvalue weighted by Gasteiger charge is -2.21. The zero-order chi connectivity index (χ0) is 21.1. The van der Waals surface area contributed by atoms with Crippen molar-refractivity contribution in [3.05, 3.63) is 71.2 Å². The highest BCUT2D eigenvalue weighted by Crippen LogP contribution is 2.28. The van der Waals surface area contributed by atoms with Crippen LogP contribution in [0.5, 0.6) is 5.75 Å². The van der Waals surface area contributed by atoms with E-state index in [1.165, 1.54) is 16.2 Å². The number of imide groups is 1. The van der Waals surface area contributed by atoms with E-state index in [2.05, 4.69) is 10.3 Å². The number of rotatable bonds is 7. The minimum Gasteiger partial charge on any atom is -0.497 e. The van der Waals surface area contributed by atoms with Gasteiger partial charge in [-0.2, -0.15) is 0 Å². The fraction of sp³-hybridized carbons (Fsp3) is 0.261. The number of carbonyl (C=O) groups excluding carboxylic acids is 2. The molecule has 3 aromatic rings. The van der Waals surface area contributed by atoms with Gasteiger partial charge in [0.1, 0.15) is 16.3 Å². The molecule has 0 radical (unpaired) electrons. The van der Waals surface area contributed by atoms with Crippen molar-refractivity contribution in [1.82, 2.24) is 15.2 Å². The Morgan fingerprint density at radius 1 is 1.10 bits per heavy atom. The number of aryl methyl sites for hydroxylation is 1. The van der Waals surface area contributed by atoms with Crippen molar-refractivity contribution in [3.63, 3.8) is 0 Å². The summed E-state index contributed by atoms with van der Waals surface area (Å²) in [6.07, 6.45) is 1.20. The number of carbonyl (C=O) groups is 2. The van der Waals surface area contributed by atoms with Gasteiger partial charge >= 0.3 is 6.03 Å². The van der Waals surface area contributed by atoms with Gasteiger partial charge in [-0.05, 0) is 37.5 Å². The lowest BCUT2D eigenvalue weighted by Crippen LogP contribution is -2.44. The third-order valence-corrected chi connectivity index (χ3v) is 6.25. The zero-order valence-corrected chi connectivity index (χ0v) is 17.7. The Morgan fingerprint density at radius 2 is 1.83 bits per heavy atom. The molecule has 1 atom stereocenters. The van der Waals surface area contributed by atoms with E-state index in [1.54, 1.807) is 14.0 Å². The van der Waals surface area contributed by atoms with Gasteiger partial charge in [0.15, 0.2) is 0 Å². The fourth-order valence-corrected chi connectivity index (χ4v) is 4.32. The van der Waals surface area contributed by atoms with Crippen molar-refractivity contribution in [3.8, 4) is 16.3 Å². The van der Waals surface area contributed by atoms with Crippen LogP contribution >= 0.6 is 11.3 Å². The average Bonchev–Trinajstić information content (AvgIpc) is 3.32. The van der Waals surface area contributed by atoms with Crippen LogP contribution in [0.3, 0.4) is 0 Å². The summed E-state index contributed by atoms with van der Waals surface area (Å²) in [7, 11) is 1.63. The van der Waals surface area contributed by atoms with Crippen LogP contribution in [0.4, 0.5) is 4.79 Å². The van der Waals surface area contributed by atoms with Gasteiger partial charge in [-0.15, -0.1) is 11.3 Å². The molecular weight excluding hydrogens is 398 g/mol. The number of hydrogen-bond acceptors (Lipinski definition) is 5. The molecule has 0 bridgehead atoms. The minimum absolute atomic E-state index is 0.173. The molecule has 154 valence electrons. The first-order chi connectivity index (χ1) is 14.5. The number of urea groups is 1. The quantitative estimate of drug-likeness (QED) is 0.579. The van der Waals surface area contributed by atoms with Crippen molar-refractivity contribution in [2.24, 2.45) is 0 Å². The third kappa shape index (κ3) is 4.07. The van der Waals surface area contributed by atoms with Crippen molar-refractivity contribution in [2.45, 2.75) is 31.8 Å². The van der Waals surface area contributed by atoms with Crippen molar-refractivity contribution < 1.29 is 14.3 Å². The van der Waals surface area contributed by atoms with Gasteiger partial charge in [-0.3, -0.25) is 9.69 Å². The molecule has 1 aliphatic heterocycles. The van der Waals surface area contributed by atoms with Crippen molar-refractivity contribution in [2.75, 3.05) is 7.11 Å². The van der Waals surface area contributed by atoms with Gasteiger partial charge in [-0.1, -0.05) is 42.5 Å². The van der Waals surface area contributed by atoms with E-state index in [-0.39, 0.29) is 18.5 Å². The minimum atomic E-state index is -0.921. The van der Waals surface area contributed by atoms with Crippen LogP contribution in [0.2, 0.25) is 0 Å². The van der Waals surface area contributed by atoms with Crippen LogP contribution in [-0.2, 0) is 17.8 Å². The summed E-state index contributed by atoms with van der Waals surface area (Å²) in [5, 5.41) is 5.64. The molecule has 6 nitrogen and oxygen atoms in total. The summed E-state index contributed by atoms with van der Waals surface area (Å²) in [5.74, 6) is 0.579. The van der Waals surface area contributed by atoms with Crippen LogP contribution in [-0.4, -0.2) is 34.5 Å². The number of amides is 3. The van der Waals surface area contributed by atoms with Gasteiger partial charge in [0, 0.05) is 10.9 Å². The van der Waals surface area contributed by atoms with E-state index in [0.717, 1.165) is 21.9 Å². The first-order valence-electron chi connectivity index (χ1n) is 9.75. The second-order valence-corrected chi connectivity index (χ2v) is 8.37. The SMILES string of the molecule is COc1ccc(CC[C@]2(C)NC(=O)N(Cc3csc(-c4ccccc4)n3)C2=O)cc1. The Hall–Kier alpha value is -3.19. The highest BCUT2D eigenvalue weighted by Gasteiger charge is 2.47. The maximum atomic E-state index is 13.0. The smallest absolute Gasteiger partial charge is 0.325 e. The van der Waals surface area contributed by atoms with Crippen LogP contribution in [0.25, 0.3) is 10.6 Å². The Balaban J connectivity index is 1.42. The van der Waals surface area contributed by atoms with E-state index >= 15 is 0 Å². The number of hydrogen-bond donors (Lipinski definition) is 1. The molecule has 0 aliphatic carbocycles. The van der Waals surface area contributed by atoms with Gasteiger partial charge in [0.2, 0.25) is 0 Å². The molecule has 7 heteroatoms. The third-order valence-electron chi connectivity index (χ3n) is 5.31. The lowest BCUT2D eigenvalue weighted by atomic mass is 9.93. The first kappa shape index (κ1) is 20.1. The molecule has 4 rings (SSSR count). The maximum Gasteiger partial charge on any atom is 0.325 e. The predicted octanol–water partition coefficient (Wildman–Crippen LogP) is 4.26. The normalized spacial score (nSPS) is 18.5. The van der Waals surface area contributed by atoms with Crippen molar-refractivity contribution >= 4 is 23.3 Å². The summed E-state index contributed by atoms with van der Waals surface area (Å²) < 4.78 is 5.18. The maximum absolute atomic E-state index is 13.0. The highest BCUT2D eigenvalue weighted by atomic mass is 32.1. The molecule has 1 N–H and O–H groups in total. The number of methoxy groups -OCH3 is 1. The molecule has 3 amide bonds. The van der Waals surface area contributed by atoms with E-state index in [9.17, 15) is 9.59 Å². The second-order valence-electron chi connectivity index (χ2n) is 7.51. The molecule has 0 unspecified atom stereocenters. The van der Waals surface area contributed by atoms with Gasteiger partial charge < -0.3 is 10.1 Å². The van der Waals surface area contributed by atoms with Crippen LogP contribution < -0.4 is 10.1 Å². The second kappa shape index (κ2) is 8.28. The van der Waals surface area contributed by atoms with E-state index in [4.69, 9.17) is 4.74 Å². The monoisotopic (exact) mass is 421 g/mol. The van der Waals surface area contributed by atoms with Crippen LogP contribution in [0.1, 0.15) is 24.6 Å². The Kier molecular flexibility index (Phi) is 5.55. The summed E-state index contributed by atoms with van der Waals surface area (Å²) in [5.41, 5.74) is 1.90. The van der Waals surface area contributed by atoms with Gasteiger partial charge in [0.05, 0.1) is 19.3 Å². The molecule has 0 saturated carbocycles. The molecular formula is C23H23N3O3S. The van der Waals surface area contributed by atoms with Crippen molar-refractivity contribution in [1.29, 1.82) is 0 Å². The van der Waals surface area contributed by atoms with E-state index in [0.29, 0.717) is 18.5 Å². The molecule has 1 aliphatic rings. The summed E-state index contributed by atoms with van der Waals surface area (Å²) in [4.78, 5) is 31.4. The fourth-order valence-electron chi connectivity index (χ4n) is 3.50. The molecule has 1 fully saturated rings. The Morgan fingerprint density at radius 3 is 2.53 bits per heavy atom. The number of nitrogens with zero attached hydrogens (tertiary/aromatic N) is 2. The lowest BCUT2D eigenvalue weighted by molar-refractivity contribution is -0.131. The number of nitrogens with one attached hydrogen (secondary N) is 1. The van der Waals surface area contributed by atoms with Gasteiger partial charge in [-0.25, -0.2) is 9.78 Å². The number of benzene rings is 2. The first-order valence-corrected chi connectivity index (χ1v) is 10.6. The highest BCUT2D eigenvalue weighted by molar-refractivity contribution is 7.13. The summed E-state index contributed by atoms with van der Waals surface area (Å²) in [6.45, 7) is 1.96. The largest absolute Gasteiger partial charge is 0.497 e. The zero-order valence-electron chi connectivity index (χ0n) is 16.9. The predicted molar refractivity (Wildman–Crippen MR) is 116 cm³/mol. The van der Waals surface area contributed by atoms with E-state index < -0.39 is 5.54 Å². The Bertz CT molecular complexity index is 1050. The number of thiazole rings is 1. The van der Waals surface area contributed by atoms with E-state index in [1.807, 2.05) is 60.0 Å².